The lowest BCUT2D eigenvalue weighted by molar-refractivity contribution is 0.312. The van der Waals surface area contributed by atoms with E-state index in [0.29, 0.717) is 22.7 Å². The van der Waals surface area contributed by atoms with Gasteiger partial charge in [0.25, 0.3) is 0 Å². The number of hydrogen-bond acceptors (Lipinski definition) is 8. The molecule has 6 rings (SSSR count). The van der Waals surface area contributed by atoms with E-state index in [1.807, 2.05) is 35.8 Å². The molecule has 194 valence electrons. The van der Waals surface area contributed by atoms with Gasteiger partial charge in [-0.25, -0.2) is 29.3 Å². The third-order valence-electron chi connectivity index (χ3n) is 7.07. The largest absolute Gasteiger partial charge is 0.353 e. The number of imidazole rings is 1. The molecule has 0 unspecified atom stereocenters. The third kappa shape index (κ3) is 4.41. The molecule has 1 aliphatic rings. The van der Waals surface area contributed by atoms with E-state index in [0.717, 1.165) is 59.9 Å². The maximum atomic E-state index is 15.0. The Bertz CT molecular complexity index is 1640. The highest BCUT2D eigenvalue weighted by Crippen LogP contribution is 2.30. The predicted molar refractivity (Wildman–Crippen MR) is 148 cm³/mol. The summed E-state index contributed by atoms with van der Waals surface area (Å²) >= 11 is 0. The van der Waals surface area contributed by atoms with E-state index in [-0.39, 0.29) is 11.9 Å². The molecule has 0 aliphatic carbocycles. The number of aromatic nitrogens is 6. The highest BCUT2D eigenvalue weighted by atomic mass is 19.1. The zero-order chi connectivity index (χ0) is 26.4. The van der Waals surface area contributed by atoms with Crippen LogP contribution in [0.4, 0.5) is 21.8 Å². The highest BCUT2D eigenvalue weighted by Gasteiger charge is 2.19. The van der Waals surface area contributed by atoms with E-state index in [1.54, 1.807) is 18.6 Å². The van der Waals surface area contributed by atoms with Crippen molar-refractivity contribution < 1.29 is 4.39 Å². The van der Waals surface area contributed by atoms with Crippen LogP contribution in [-0.2, 0) is 0 Å². The summed E-state index contributed by atoms with van der Waals surface area (Å²) in [6, 6.07) is 11.4. The van der Waals surface area contributed by atoms with Gasteiger partial charge in [0, 0.05) is 55.1 Å². The maximum Gasteiger partial charge on any atom is 0.227 e. The molecule has 0 atom stereocenters. The van der Waals surface area contributed by atoms with Crippen LogP contribution in [0.5, 0.6) is 0 Å². The van der Waals surface area contributed by atoms with Crippen LogP contribution in [0, 0.1) is 12.7 Å². The fourth-order valence-corrected chi connectivity index (χ4v) is 5.17. The SMILES string of the molecule is Cc1nc2c(F)cc(-c3ccnc(Nc4ccc5c(N6CCN(C)CC6)ncnc5c4)n3)cc2n1C(C)C. The third-order valence-corrected chi connectivity index (χ3v) is 7.07. The minimum absolute atomic E-state index is 0.158. The Hall–Kier alpha value is -4.18. The lowest BCUT2D eigenvalue weighted by Crippen LogP contribution is -2.44. The number of likely N-dealkylation sites (N-methyl/N-ethyl adjacent to an activating group) is 1. The van der Waals surface area contributed by atoms with Crippen LogP contribution in [0.15, 0.2) is 48.9 Å². The summed E-state index contributed by atoms with van der Waals surface area (Å²) in [5, 5.41) is 4.29. The highest BCUT2D eigenvalue weighted by molar-refractivity contribution is 5.92. The molecule has 10 heteroatoms. The standard InChI is InChI=1S/C28H30FN9/c1-17(2)38-18(3)33-26-22(29)13-19(14-25(26)38)23-7-8-30-28(35-23)34-20-5-6-21-24(15-20)31-16-32-27(21)37-11-9-36(4)10-12-37/h5-8,13-17H,9-12H2,1-4H3,(H,30,34,35). The van der Waals surface area contributed by atoms with Crippen molar-refractivity contribution >= 4 is 39.4 Å². The molecular weight excluding hydrogens is 481 g/mol. The van der Waals surface area contributed by atoms with Crippen LogP contribution < -0.4 is 10.2 Å². The van der Waals surface area contributed by atoms with Crippen LogP contribution in [-0.4, -0.2) is 67.6 Å². The van der Waals surface area contributed by atoms with Gasteiger partial charge in [-0.1, -0.05) is 0 Å². The molecule has 9 nitrogen and oxygen atoms in total. The molecular formula is C28H30FN9. The van der Waals surface area contributed by atoms with Gasteiger partial charge >= 0.3 is 0 Å². The van der Waals surface area contributed by atoms with Crippen molar-refractivity contribution in [1.82, 2.24) is 34.4 Å². The first-order chi connectivity index (χ1) is 18.4. The topological polar surface area (TPSA) is 87.9 Å². The molecule has 38 heavy (non-hydrogen) atoms. The van der Waals surface area contributed by atoms with Gasteiger partial charge in [0.1, 0.15) is 23.5 Å². The van der Waals surface area contributed by atoms with Gasteiger partial charge in [-0.15, -0.1) is 0 Å². The second-order valence-electron chi connectivity index (χ2n) is 10.1. The molecule has 2 aromatic carbocycles. The lowest BCUT2D eigenvalue weighted by Gasteiger charge is -2.33. The summed E-state index contributed by atoms with van der Waals surface area (Å²) in [6.07, 6.45) is 3.29. The van der Waals surface area contributed by atoms with E-state index < -0.39 is 0 Å². The molecule has 0 amide bonds. The number of anilines is 3. The first kappa shape index (κ1) is 24.2. The van der Waals surface area contributed by atoms with E-state index in [4.69, 9.17) is 0 Å². The second kappa shape index (κ2) is 9.60. The average molecular weight is 512 g/mol. The van der Waals surface area contributed by atoms with Crippen LogP contribution in [0.3, 0.4) is 0 Å². The number of hydrogen-bond donors (Lipinski definition) is 1. The van der Waals surface area contributed by atoms with Crippen molar-refractivity contribution in [2.24, 2.45) is 0 Å². The maximum absolute atomic E-state index is 15.0. The number of fused-ring (bicyclic) bond motifs is 2. The monoisotopic (exact) mass is 511 g/mol. The molecule has 5 aromatic rings. The quantitative estimate of drug-likeness (QED) is 0.354. The van der Waals surface area contributed by atoms with Crippen molar-refractivity contribution in [3.63, 3.8) is 0 Å². The molecule has 0 radical (unpaired) electrons. The van der Waals surface area contributed by atoms with Gasteiger partial charge in [-0.3, -0.25) is 0 Å². The Balaban J connectivity index is 1.30. The smallest absolute Gasteiger partial charge is 0.227 e. The van der Waals surface area contributed by atoms with Gasteiger partial charge in [-0.2, -0.15) is 0 Å². The van der Waals surface area contributed by atoms with E-state index >= 15 is 4.39 Å². The molecule has 1 aliphatic heterocycles. The van der Waals surface area contributed by atoms with Crippen LogP contribution in [0.2, 0.25) is 0 Å². The van der Waals surface area contributed by atoms with Crippen molar-refractivity contribution in [3.05, 3.63) is 60.6 Å². The van der Waals surface area contributed by atoms with Crippen molar-refractivity contribution in [1.29, 1.82) is 0 Å². The minimum Gasteiger partial charge on any atom is -0.353 e. The number of nitrogens with one attached hydrogen (secondary N) is 1. The van der Waals surface area contributed by atoms with Gasteiger partial charge in [0.2, 0.25) is 5.95 Å². The molecule has 4 heterocycles. The van der Waals surface area contributed by atoms with Crippen molar-refractivity contribution in [3.8, 4) is 11.3 Å². The summed E-state index contributed by atoms with van der Waals surface area (Å²) in [6.45, 7) is 9.92. The number of nitrogens with zero attached hydrogens (tertiary/aromatic N) is 8. The number of piperazine rings is 1. The van der Waals surface area contributed by atoms with Crippen LogP contribution in [0.25, 0.3) is 33.2 Å². The predicted octanol–water partition coefficient (Wildman–Crippen LogP) is 4.96. The second-order valence-corrected chi connectivity index (χ2v) is 10.1. The number of halogens is 1. The Morgan fingerprint density at radius 2 is 1.76 bits per heavy atom. The normalized spacial score (nSPS) is 14.6. The van der Waals surface area contributed by atoms with E-state index in [2.05, 4.69) is 60.9 Å². The van der Waals surface area contributed by atoms with E-state index in [9.17, 15) is 0 Å². The Kier molecular flexibility index (Phi) is 6.11. The molecule has 3 aromatic heterocycles. The molecule has 1 N–H and O–H groups in total. The lowest BCUT2D eigenvalue weighted by atomic mass is 10.1. The van der Waals surface area contributed by atoms with Crippen LogP contribution >= 0.6 is 0 Å². The summed E-state index contributed by atoms with van der Waals surface area (Å²) in [5.41, 5.74) is 4.09. The Morgan fingerprint density at radius 1 is 0.947 bits per heavy atom. The molecule has 0 spiro atoms. The zero-order valence-electron chi connectivity index (χ0n) is 22.0. The summed E-state index contributed by atoms with van der Waals surface area (Å²) in [4.78, 5) is 27.2. The summed E-state index contributed by atoms with van der Waals surface area (Å²) in [7, 11) is 2.14. The molecule has 0 bridgehead atoms. The first-order valence-corrected chi connectivity index (χ1v) is 12.8. The zero-order valence-corrected chi connectivity index (χ0v) is 22.0. The minimum atomic E-state index is -0.363. The van der Waals surface area contributed by atoms with E-state index in [1.165, 1.54) is 6.07 Å². The molecule has 0 saturated carbocycles. The molecule has 1 fully saturated rings. The fourth-order valence-electron chi connectivity index (χ4n) is 5.17. The number of aryl methyl sites for hydroxylation is 1. The van der Waals surface area contributed by atoms with Crippen molar-refractivity contribution in [2.45, 2.75) is 26.8 Å². The number of benzene rings is 2. The number of rotatable bonds is 5. The van der Waals surface area contributed by atoms with Gasteiger partial charge in [-0.05, 0) is 64.2 Å². The van der Waals surface area contributed by atoms with Gasteiger partial charge < -0.3 is 19.7 Å². The summed E-state index contributed by atoms with van der Waals surface area (Å²) in [5.74, 6) is 1.80. The average Bonchev–Trinajstić information content (AvgIpc) is 3.25. The Morgan fingerprint density at radius 3 is 2.55 bits per heavy atom. The van der Waals surface area contributed by atoms with Crippen LogP contribution in [0.1, 0.15) is 25.7 Å². The van der Waals surface area contributed by atoms with Gasteiger partial charge in [0.15, 0.2) is 5.82 Å². The summed E-state index contributed by atoms with van der Waals surface area (Å²) < 4.78 is 17.1. The van der Waals surface area contributed by atoms with Crippen molar-refractivity contribution in [2.75, 3.05) is 43.4 Å². The molecule has 1 saturated heterocycles. The van der Waals surface area contributed by atoms with Gasteiger partial charge in [0.05, 0.1) is 16.7 Å². The Labute approximate surface area is 220 Å². The fraction of sp³-hybridized carbons (Fsp3) is 0.321. The first-order valence-electron chi connectivity index (χ1n) is 12.8.